The highest BCUT2D eigenvalue weighted by atomic mass is 28.3. The molecule has 0 saturated heterocycles. The van der Waals surface area contributed by atoms with Gasteiger partial charge in [0.15, 0.2) is 0 Å². The van der Waals surface area contributed by atoms with E-state index in [1.165, 1.54) is 0 Å². The first-order valence-electron chi connectivity index (χ1n) is 4.64. The second kappa shape index (κ2) is 3.85. The van der Waals surface area contributed by atoms with E-state index in [2.05, 4.69) is 36.1 Å². The van der Waals surface area contributed by atoms with Gasteiger partial charge in [0.1, 0.15) is 13.9 Å². The van der Waals surface area contributed by atoms with Crippen molar-refractivity contribution in [2.24, 2.45) is 0 Å². The minimum Gasteiger partial charge on any atom is -0.384 e. The van der Waals surface area contributed by atoms with E-state index in [9.17, 15) is 0 Å². The number of rotatable bonds is 0. The zero-order valence-corrected chi connectivity index (χ0v) is 10.2. The normalized spacial score (nSPS) is 10.6. The first-order chi connectivity index (χ1) is 6.38. The number of aromatic nitrogens is 1. The van der Waals surface area contributed by atoms with Gasteiger partial charge in [0.05, 0.1) is 0 Å². The Hall–Kier alpha value is -1.27. The maximum atomic E-state index is 5.56. The van der Waals surface area contributed by atoms with E-state index < -0.39 is 8.07 Å². The number of nitrogens with two attached hydrogens (primary N) is 1. The number of nitrogens with zero attached hydrogens (tertiary/aromatic N) is 1. The second-order valence-corrected chi connectivity index (χ2v) is 9.17. The van der Waals surface area contributed by atoms with Gasteiger partial charge in [0, 0.05) is 11.8 Å². The number of anilines is 1. The van der Waals surface area contributed by atoms with Crippen LogP contribution in [0.3, 0.4) is 0 Å². The van der Waals surface area contributed by atoms with Crippen LogP contribution in [0.1, 0.15) is 11.1 Å². The summed E-state index contributed by atoms with van der Waals surface area (Å²) < 4.78 is 0. The van der Waals surface area contributed by atoms with Gasteiger partial charge in [-0.05, 0) is 18.6 Å². The molecule has 1 aromatic heterocycles. The number of aryl methyl sites for hydroxylation is 1. The van der Waals surface area contributed by atoms with Crippen molar-refractivity contribution >= 4 is 13.9 Å². The molecule has 2 nitrogen and oxygen atoms in total. The van der Waals surface area contributed by atoms with Gasteiger partial charge in [-0.25, -0.2) is 4.98 Å². The summed E-state index contributed by atoms with van der Waals surface area (Å²) in [5.74, 6) is 3.73. The fourth-order valence-corrected chi connectivity index (χ4v) is 1.47. The Morgan fingerprint density at radius 3 is 2.50 bits per heavy atom. The topological polar surface area (TPSA) is 38.9 Å². The van der Waals surface area contributed by atoms with Crippen molar-refractivity contribution < 1.29 is 0 Å². The molecule has 0 bridgehead atoms. The molecule has 0 spiro atoms. The summed E-state index contributed by atoms with van der Waals surface area (Å²) in [6.07, 6.45) is 1.75. The molecule has 0 unspecified atom stereocenters. The Bertz CT molecular complexity index is 394. The van der Waals surface area contributed by atoms with Crippen molar-refractivity contribution in [3.05, 3.63) is 23.4 Å². The van der Waals surface area contributed by atoms with Gasteiger partial charge >= 0.3 is 0 Å². The lowest BCUT2D eigenvalue weighted by Crippen LogP contribution is -2.16. The lowest BCUT2D eigenvalue weighted by molar-refractivity contribution is 1.27. The summed E-state index contributed by atoms with van der Waals surface area (Å²) in [6.45, 7) is 8.67. The van der Waals surface area contributed by atoms with Crippen LogP contribution in [-0.4, -0.2) is 13.1 Å². The summed E-state index contributed by atoms with van der Waals surface area (Å²) in [6, 6.07) is 1.86. The van der Waals surface area contributed by atoms with Crippen LogP contribution >= 0.6 is 0 Å². The molecule has 1 rings (SSSR count). The van der Waals surface area contributed by atoms with Gasteiger partial charge in [-0.3, -0.25) is 0 Å². The lowest BCUT2D eigenvalue weighted by atomic mass is 10.2. The summed E-state index contributed by atoms with van der Waals surface area (Å²) in [5, 5.41) is 0. The molecular weight excluding hydrogens is 188 g/mol. The van der Waals surface area contributed by atoms with Crippen molar-refractivity contribution in [3.8, 4) is 11.5 Å². The van der Waals surface area contributed by atoms with E-state index in [0.29, 0.717) is 5.82 Å². The molecule has 1 heterocycles. The molecule has 0 aliphatic carbocycles. The average Bonchev–Trinajstić information content (AvgIpc) is 2.00. The van der Waals surface area contributed by atoms with Crippen molar-refractivity contribution in [2.45, 2.75) is 26.6 Å². The van der Waals surface area contributed by atoms with Crippen molar-refractivity contribution in [2.75, 3.05) is 5.73 Å². The fraction of sp³-hybridized carbons (Fsp3) is 0.364. The predicted octanol–water partition coefficient (Wildman–Crippen LogP) is 2.20. The van der Waals surface area contributed by atoms with Gasteiger partial charge < -0.3 is 5.73 Å². The molecule has 74 valence electrons. The van der Waals surface area contributed by atoms with Gasteiger partial charge in [0.25, 0.3) is 0 Å². The highest BCUT2D eigenvalue weighted by Crippen LogP contribution is 2.08. The monoisotopic (exact) mass is 204 g/mol. The quantitative estimate of drug-likeness (QED) is 0.520. The first-order valence-corrected chi connectivity index (χ1v) is 8.14. The SMILES string of the molecule is Cc1cc(N)ncc1C#C[Si](C)(C)C. The minimum absolute atomic E-state index is 0.557. The Morgan fingerprint density at radius 2 is 2.00 bits per heavy atom. The van der Waals surface area contributed by atoms with Crippen molar-refractivity contribution in [1.82, 2.24) is 4.98 Å². The van der Waals surface area contributed by atoms with E-state index in [4.69, 9.17) is 5.73 Å². The second-order valence-electron chi connectivity index (χ2n) is 4.42. The summed E-state index contributed by atoms with van der Waals surface area (Å²) in [7, 11) is -1.30. The van der Waals surface area contributed by atoms with Gasteiger partial charge in [-0.15, -0.1) is 5.54 Å². The molecule has 14 heavy (non-hydrogen) atoms. The van der Waals surface area contributed by atoms with E-state index in [1.807, 2.05) is 13.0 Å². The molecule has 0 radical (unpaired) electrons. The molecule has 0 aliphatic heterocycles. The van der Waals surface area contributed by atoms with Gasteiger partial charge in [-0.2, -0.15) is 0 Å². The van der Waals surface area contributed by atoms with Crippen molar-refractivity contribution in [3.63, 3.8) is 0 Å². The summed E-state index contributed by atoms with van der Waals surface area (Å²) in [5.41, 5.74) is 11.0. The third-order valence-corrected chi connectivity index (χ3v) is 2.58. The summed E-state index contributed by atoms with van der Waals surface area (Å²) in [4.78, 5) is 4.03. The van der Waals surface area contributed by atoms with Crippen LogP contribution in [0.15, 0.2) is 12.3 Å². The van der Waals surface area contributed by atoms with Crippen LogP contribution in [0.5, 0.6) is 0 Å². The third-order valence-electron chi connectivity index (χ3n) is 1.70. The van der Waals surface area contributed by atoms with E-state index in [0.717, 1.165) is 11.1 Å². The highest BCUT2D eigenvalue weighted by Gasteiger charge is 2.07. The molecule has 0 atom stereocenters. The standard InChI is InChI=1S/C11H16N2Si/c1-9-7-11(12)13-8-10(9)5-6-14(2,3)4/h7-8H,1-4H3,(H2,12,13). The van der Waals surface area contributed by atoms with Crippen LogP contribution < -0.4 is 5.73 Å². The molecule has 1 aromatic rings. The van der Waals surface area contributed by atoms with Crippen LogP contribution in [-0.2, 0) is 0 Å². The van der Waals surface area contributed by atoms with E-state index in [-0.39, 0.29) is 0 Å². The van der Waals surface area contributed by atoms with Gasteiger partial charge in [-0.1, -0.05) is 25.6 Å². The molecule has 0 fully saturated rings. The summed E-state index contributed by atoms with van der Waals surface area (Å²) >= 11 is 0. The molecule has 2 N–H and O–H groups in total. The molecule has 0 aromatic carbocycles. The van der Waals surface area contributed by atoms with Crippen LogP contribution in [0.25, 0.3) is 0 Å². The molecule has 0 aliphatic rings. The Balaban J connectivity index is 3.02. The number of nitrogen functional groups attached to an aromatic ring is 1. The number of hydrogen-bond donors (Lipinski definition) is 1. The zero-order chi connectivity index (χ0) is 10.8. The Kier molecular flexibility index (Phi) is 2.97. The lowest BCUT2D eigenvalue weighted by Gasteiger charge is -2.04. The Labute approximate surface area is 86.6 Å². The van der Waals surface area contributed by atoms with E-state index in [1.54, 1.807) is 6.20 Å². The average molecular weight is 204 g/mol. The third kappa shape index (κ3) is 3.23. The fourth-order valence-electron chi connectivity index (χ4n) is 0.963. The molecular formula is C11H16N2Si. The highest BCUT2D eigenvalue weighted by molar-refractivity contribution is 6.83. The maximum absolute atomic E-state index is 5.56. The first kappa shape index (κ1) is 10.8. The van der Waals surface area contributed by atoms with Crippen LogP contribution in [0.4, 0.5) is 5.82 Å². The van der Waals surface area contributed by atoms with E-state index >= 15 is 0 Å². The molecule has 3 heteroatoms. The van der Waals surface area contributed by atoms with Crippen LogP contribution in [0, 0.1) is 18.4 Å². The van der Waals surface area contributed by atoms with Crippen LogP contribution in [0.2, 0.25) is 19.6 Å². The smallest absolute Gasteiger partial charge is 0.129 e. The van der Waals surface area contributed by atoms with Gasteiger partial charge in [0.2, 0.25) is 0 Å². The zero-order valence-electron chi connectivity index (χ0n) is 9.18. The Morgan fingerprint density at radius 1 is 1.36 bits per heavy atom. The molecule has 0 saturated carbocycles. The minimum atomic E-state index is -1.30. The number of pyridine rings is 1. The van der Waals surface area contributed by atoms with Crippen molar-refractivity contribution in [1.29, 1.82) is 0 Å². The largest absolute Gasteiger partial charge is 0.384 e. The maximum Gasteiger partial charge on any atom is 0.129 e. The molecule has 0 amide bonds. The number of hydrogen-bond acceptors (Lipinski definition) is 2. The predicted molar refractivity (Wildman–Crippen MR) is 63.6 cm³/mol.